The Balaban J connectivity index is 1.87. The molecule has 2 rings (SSSR count). The Morgan fingerprint density at radius 2 is 1.92 bits per heavy atom. The van der Waals surface area contributed by atoms with Crippen LogP contribution >= 0.6 is 0 Å². The van der Waals surface area contributed by atoms with Crippen LogP contribution < -0.4 is 0 Å². The van der Waals surface area contributed by atoms with Crippen molar-refractivity contribution < 1.29 is 19.1 Å². The van der Waals surface area contributed by atoms with E-state index in [1.807, 2.05) is 32.9 Å². The minimum Gasteiger partial charge on any atom is -0.458 e. The second-order valence-corrected chi connectivity index (χ2v) is 7.13. The largest absolute Gasteiger partial charge is 0.458 e. The summed E-state index contributed by atoms with van der Waals surface area (Å²) in [6.07, 6.45) is 6.38. The summed E-state index contributed by atoms with van der Waals surface area (Å²) in [4.78, 5) is 26.0. The number of nitrogens with zero attached hydrogens (tertiary/aromatic N) is 1. The topological polar surface area (TPSA) is 55.8 Å². The van der Waals surface area contributed by atoms with Crippen molar-refractivity contribution in [2.75, 3.05) is 13.2 Å². The lowest BCUT2D eigenvalue weighted by atomic mass is 10.0. The van der Waals surface area contributed by atoms with Gasteiger partial charge < -0.3 is 14.4 Å². The van der Waals surface area contributed by atoms with Crippen LogP contribution in [0.5, 0.6) is 0 Å². The van der Waals surface area contributed by atoms with Crippen molar-refractivity contribution in [1.82, 2.24) is 4.90 Å². The van der Waals surface area contributed by atoms with E-state index in [0.29, 0.717) is 12.1 Å². The predicted molar refractivity (Wildman–Crippen MR) is 96.4 cm³/mol. The van der Waals surface area contributed by atoms with E-state index < -0.39 is 5.60 Å². The number of rotatable bonds is 4. The number of benzene rings is 1. The molecule has 0 bridgehead atoms. The quantitative estimate of drug-likeness (QED) is 0.606. The summed E-state index contributed by atoms with van der Waals surface area (Å²) in [7, 11) is 0. The number of carbonyl (C=O) groups is 2. The molecule has 1 saturated heterocycles. The van der Waals surface area contributed by atoms with Crippen LogP contribution in [0.4, 0.5) is 4.79 Å². The van der Waals surface area contributed by atoms with E-state index in [1.165, 1.54) is 0 Å². The van der Waals surface area contributed by atoms with E-state index in [9.17, 15) is 9.59 Å². The lowest BCUT2D eigenvalue weighted by molar-refractivity contribution is 0.0148. The molecule has 0 spiro atoms. The number of piperidine rings is 1. The highest BCUT2D eigenvalue weighted by Gasteiger charge is 2.28. The molecule has 1 atom stereocenters. The third-order valence-corrected chi connectivity index (χ3v) is 3.86. The highest BCUT2D eigenvalue weighted by molar-refractivity contribution is 5.89. The van der Waals surface area contributed by atoms with Crippen LogP contribution in [0.3, 0.4) is 0 Å². The Morgan fingerprint density at radius 3 is 2.60 bits per heavy atom. The Morgan fingerprint density at radius 1 is 1.20 bits per heavy atom. The minimum absolute atomic E-state index is 0.0148. The maximum absolute atomic E-state index is 12.3. The third-order valence-electron chi connectivity index (χ3n) is 3.86. The van der Waals surface area contributed by atoms with Gasteiger partial charge in [-0.15, -0.1) is 0 Å². The predicted octanol–water partition coefficient (Wildman–Crippen LogP) is 4.19. The van der Waals surface area contributed by atoms with Crippen LogP contribution in [0.1, 0.15) is 50.4 Å². The van der Waals surface area contributed by atoms with Gasteiger partial charge in [-0.05, 0) is 58.2 Å². The van der Waals surface area contributed by atoms with Gasteiger partial charge in [0.1, 0.15) is 12.2 Å². The van der Waals surface area contributed by atoms with Crippen LogP contribution in [0.25, 0.3) is 0 Å². The summed E-state index contributed by atoms with van der Waals surface area (Å²) in [6.45, 7) is 6.47. The van der Waals surface area contributed by atoms with Crippen molar-refractivity contribution in [3.63, 3.8) is 0 Å². The number of esters is 1. The molecule has 5 heteroatoms. The van der Waals surface area contributed by atoms with Crippen molar-refractivity contribution in [2.24, 2.45) is 0 Å². The summed E-state index contributed by atoms with van der Waals surface area (Å²) in [5.74, 6) is -0.349. The average Bonchev–Trinajstić information content (AvgIpc) is 2.58. The molecule has 25 heavy (non-hydrogen) atoms. The van der Waals surface area contributed by atoms with Gasteiger partial charge in [0.2, 0.25) is 0 Å². The van der Waals surface area contributed by atoms with Gasteiger partial charge in [-0.1, -0.05) is 24.3 Å². The number of carbonyl (C=O) groups excluding carboxylic acids is 2. The second kappa shape index (κ2) is 8.70. The molecule has 1 amide bonds. The summed E-state index contributed by atoms with van der Waals surface area (Å²) in [5, 5.41) is 0. The first-order valence-corrected chi connectivity index (χ1v) is 8.75. The van der Waals surface area contributed by atoms with E-state index in [1.54, 1.807) is 35.2 Å². The molecule has 1 aromatic rings. The molecule has 1 fully saturated rings. The number of ether oxygens (including phenoxy) is 2. The highest BCUT2D eigenvalue weighted by Crippen LogP contribution is 2.21. The van der Waals surface area contributed by atoms with Gasteiger partial charge in [-0.3, -0.25) is 0 Å². The van der Waals surface area contributed by atoms with E-state index >= 15 is 0 Å². The fourth-order valence-electron chi connectivity index (χ4n) is 2.70. The molecule has 1 aliphatic heterocycles. The van der Waals surface area contributed by atoms with Crippen LogP contribution in [-0.2, 0) is 9.47 Å². The number of likely N-dealkylation sites (tertiary alicyclic amines) is 1. The van der Waals surface area contributed by atoms with Gasteiger partial charge in [-0.25, -0.2) is 9.59 Å². The summed E-state index contributed by atoms with van der Waals surface area (Å²) in [5.41, 5.74) is 0.0255. The molecule has 0 N–H and O–H groups in total. The first-order chi connectivity index (χ1) is 11.9. The van der Waals surface area contributed by atoms with Crippen LogP contribution in [0, 0.1) is 0 Å². The Bertz CT molecular complexity index is 604. The molecule has 0 radical (unpaired) electrons. The molecular formula is C20H27NO4. The zero-order valence-corrected chi connectivity index (χ0v) is 15.2. The van der Waals surface area contributed by atoms with Gasteiger partial charge in [0, 0.05) is 6.54 Å². The zero-order valence-electron chi connectivity index (χ0n) is 15.2. The Labute approximate surface area is 149 Å². The molecule has 5 nitrogen and oxygen atoms in total. The first-order valence-electron chi connectivity index (χ1n) is 8.75. The SMILES string of the molecule is CC(C)(C)OC(=O)N1CCCC[C@H]1/C=C/COC(=O)c1ccccc1. The maximum atomic E-state index is 12.3. The van der Waals surface area contributed by atoms with Gasteiger partial charge in [0.05, 0.1) is 11.6 Å². The Hall–Kier alpha value is -2.30. The van der Waals surface area contributed by atoms with Crippen molar-refractivity contribution in [3.8, 4) is 0 Å². The van der Waals surface area contributed by atoms with E-state index in [4.69, 9.17) is 9.47 Å². The van der Waals surface area contributed by atoms with Crippen LogP contribution in [0.2, 0.25) is 0 Å². The molecule has 0 aromatic heterocycles. The van der Waals surface area contributed by atoms with Crippen LogP contribution in [0.15, 0.2) is 42.5 Å². The molecule has 136 valence electrons. The molecule has 1 aliphatic rings. The molecule has 0 unspecified atom stereocenters. The van der Waals surface area contributed by atoms with Crippen molar-refractivity contribution in [1.29, 1.82) is 0 Å². The smallest absolute Gasteiger partial charge is 0.410 e. The van der Waals surface area contributed by atoms with Crippen molar-refractivity contribution >= 4 is 12.1 Å². The number of amides is 1. The van der Waals surface area contributed by atoms with Gasteiger partial charge in [0.25, 0.3) is 0 Å². The lowest BCUT2D eigenvalue weighted by Gasteiger charge is -2.35. The standard InChI is InChI=1S/C20H27NO4/c1-20(2,3)25-19(23)21-14-8-7-12-17(21)13-9-15-24-18(22)16-10-5-4-6-11-16/h4-6,9-11,13,17H,7-8,12,14-15H2,1-3H3/b13-9+/t17-/m0/s1. The molecule has 0 aliphatic carbocycles. The first kappa shape index (κ1) is 19.0. The lowest BCUT2D eigenvalue weighted by Crippen LogP contribution is -2.45. The monoisotopic (exact) mass is 345 g/mol. The number of hydrogen-bond donors (Lipinski definition) is 0. The maximum Gasteiger partial charge on any atom is 0.410 e. The third kappa shape index (κ3) is 6.25. The van der Waals surface area contributed by atoms with Crippen molar-refractivity contribution in [2.45, 2.75) is 51.7 Å². The minimum atomic E-state index is -0.506. The molecule has 1 heterocycles. The van der Waals surface area contributed by atoms with E-state index in [2.05, 4.69) is 0 Å². The summed E-state index contributed by atoms with van der Waals surface area (Å²) in [6, 6.07) is 8.87. The zero-order chi connectivity index (χ0) is 18.3. The molecule has 0 saturated carbocycles. The van der Waals surface area contributed by atoms with E-state index in [0.717, 1.165) is 19.3 Å². The highest BCUT2D eigenvalue weighted by atomic mass is 16.6. The second-order valence-electron chi connectivity index (χ2n) is 7.13. The average molecular weight is 345 g/mol. The van der Waals surface area contributed by atoms with Crippen LogP contribution in [-0.4, -0.2) is 41.8 Å². The molecule has 1 aromatic carbocycles. The van der Waals surface area contributed by atoms with E-state index in [-0.39, 0.29) is 24.7 Å². The number of hydrogen-bond acceptors (Lipinski definition) is 4. The Kier molecular flexibility index (Phi) is 6.62. The fourth-order valence-corrected chi connectivity index (χ4v) is 2.70. The van der Waals surface area contributed by atoms with Gasteiger partial charge >= 0.3 is 12.1 Å². The van der Waals surface area contributed by atoms with Crippen molar-refractivity contribution in [3.05, 3.63) is 48.0 Å². The summed E-state index contributed by atoms with van der Waals surface area (Å²) < 4.78 is 10.7. The van der Waals surface area contributed by atoms with Gasteiger partial charge in [0.15, 0.2) is 0 Å². The van der Waals surface area contributed by atoms with Gasteiger partial charge in [-0.2, -0.15) is 0 Å². The fraction of sp³-hybridized carbons (Fsp3) is 0.500. The summed E-state index contributed by atoms with van der Waals surface area (Å²) >= 11 is 0. The normalized spacial score (nSPS) is 18.2. The molecular weight excluding hydrogens is 318 g/mol.